The second-order valence-corrected chi connectivity index (χ2v) is 8.59. The molecule has 0 unspecified atom stereocenters. The smallest absolute Gasteiger partial charge is 0.252 e. The predicted molar refractivity (Wildman–Crippen MR) is 133 cm³/mol. The van der Waals surface area contributed by atoms with Crippen molar-refractivity contribution in [2.75, 3.05) is 0 Å². The van der Waals surface area contributed by atoms with Crippen molar-refractivity contribution in [3.63, 3.8) is 0 Å². The molecule has 0 heterocycles. The van der Waals surface area contributed by atoms with E-state index in [1.165, 1.54) is 0 Å². The van der Waals surface area contributed by atoms with Gasteiger partial charge in [0.25, 0.3) is 11.8 Å². The van der Waals surface area contributed by atoms with Crippen molar-refractivity contribution in [2.45, 2.75) is 24.6 Å². The monoisotopic (exact) mass is 557 g/mol. The average Bonchev–Trinajstić information content (AvgIpc) is 2.83. The Bertz CT molecular complexity index is 1110. The minimum Gasteiger partial charge on any atom is -0.381 e. The van der Waals surface area contributed by atoms with Crippen molar-refractivity contribution < 1.29 is 19.5 Å². The first-order valence-electron chi connectivity index (χ1n) is 10.3. The molecule has 7 nitrogen and oxygen atoms in total. The van der Waals surface area contributed by atoms with Crippen molar-refractivity contribution in [3.8, 4) is 0 Å². The number of primary amides is 1. The number of carbonyl (C=O) groups is 3. The van der Waals surface area contributed by atoms with Crippen LogP contribution in [-0.4, -0.2) is 35.0 Å². The van der Waals surface area contributed by atoms with Crippen LogP contribution in [-0.2, 0) is 16.0 Å². The zero-order chi connectivity index (χ0) is 23.8. The highest BCUT2D eigenvalue weighted by Gasteiger charge is 2.32. The number of aliphatic hydroxyl groups excluding tert-OH is 1. The average molecular weight is 557 g/mol. The molecule has 0 radical (unpaired) electrons. The van der Waals surface area contributed by atoms with Gasteiger partial charge >= 0.3 is 0 Å². The number of aliphatic hydroxyl groups is 1. The Morgan fingerprint density at radius 3 is 2.03 bits per heavy atom. The zero-order valence-electron chi connectivity index (χ0n) is 17.6. The van der Waals surface area contributed by atoms with Crippen molar-refractivity contribution >= 4 is 40.3 Å². The number of amides is 3. The molecule has 0 aliphatic heterocycles. The van der Waals surface area contributed by atoms with E-state index in [-0.39, 0.29) is 6.42 Å². The third-order valence-corrected chi connectivity index (χ3v) is 6.16. The molecule has 3 aromatic rings. The largest absolute Gasteiger partial charge is 0.381 e. The van der Waals surface area contributed by atoms with Gasteiger partial charge in [0.1, 0.15) is 6.04 Å². The van der Waals surface area contributed by atoms with Gasteiger partial charge in [-0.2, -0.15) is 0 Å². The number of hydrogen-bond donors (Lipinski definition) is 4. The molecule has 8 heteroatoms. The molecule has 5 N–H and O–H groups in total. The Labute approximate surface area is 205 Å². The van der Waals surface area contributed by atoms with Gasteiger partial charge in [-0.3, -0.25) is 14.4 Å². The summed E-state index contributed by atoms with van der Waals surface area (Å²) >= 11 is 2.14. The maximum Gasteiger partial charge on any atom is 0.252 e. The molecule has 0 aliphatic carbocycles. The summed E-state index contributed by atoms with van der Waals surface area (Å²) in [5, 5.41) is 16.2. The number of hydrogen-bond acceptors (Lipinski definition) is 4. The summed E-state index contributed by atoms with van der Waals surface area (Å²) in [4.78, 5) is 37.7. The van der Waals surface area contributed by atoms with Crippen molar-refractivity contribution in [1.82, 2.24) is 10.6 Å². The molecular weight excluding hydrogens is 533 g/mol. The Kier molecular flexibility index (Phi) is 8.56. The minimum atomic E-state index is -1.66. The lowest BCUT2D eigenvalue weighted by molar-refractivity contribution is -0.134. The highest BCUT2D eigenvalue weighted by Crippen LogP contribution is 2.19. The van der Waals surface area contributed by atoms with Crippen LogP contribution < -0.4 is 16.4 Å². The number of rotatable bonds is 9. The first-order chi connectivity index (χ1) is 15.9. The van der Waals surface area contributed by atoms with Crippen LogP contribution in [0.25, 0.3) is 0 Å². The molecule has 3 aromatic carbocycles. The maximum absolute atomic E-state index is 12.9. The Morgan fingerprint density at radius 2 is 1.42 bits per heavy atom. The van der Waals surface area contributed by atoms with Gasteiger partial charge in [-0.1, -0.05) is 66.7 Å². The van der Waals surface area contributed by atoms with Gasteiger partial charge in [0, 0.05) is 15.6 Å². The summed E-state index contributed by atoms with van der Waals surface area (Å²) in [5.41, 5.74) is 7.29. The lowest BCUT2D eigenvalue weighted by atomic mass is 9.99. The van der Waals surface area contributed by atoms with E-state index in [0.29, 0.717) is 11.1 Å². The molecule has 3 atom stereocenters. The summed E-state index contributed by atoms with van der Waals surface area (Å²) in [6.45, 7) is 0. The van der Waals surface area contributed by atoms with Gasteiger partial charge in [-0.05, 0) is 51.9 Å². The van der Waals surface area contributed by atoms with E-state index >= 15 is 0 Å². The number of halogens is 1. The van der Waals surface area contributed by atoms with Gasteiger partial charge in [-0.25, -0.2) is 0 Å². The summed E-state index contributed by atoms with van der Waals surface area (Å²) < 4.78 is 0.924. The Balaban J connectivity index is 1.79. The highest BCUT2D eigenvalue weighted by molar-refractivity contribution is 14.1. The van der Waals surface area contributed by atoms with Gasteiger partial charge < -0.3 is 21.5 Å². The summed E-state index contributed by atoms with van der Waals surface area (Å²) in [7, 11) is 0. The SMILES string of the molecule is NC(=O)[C@@H](Cc1ccccc1I)NC(=O)[C@H](O)[C@@H](NC(=O)c1ccccc1)c1ccccc1. The van der Waals surface area contributed by atoms with E-state index in [1.807, 2.05) is 24.3 Å². The van der Waals surface area contributed by atoms with Crippen molar-refractivity contribution in [1.29, 1.82) is 0 Å². The van der Waals surface area contributed by atoms with Crippen LogP contribution in [0.2, 0.25) is 0 Å². The number of nitrogens with one attached hydrogen (secondary N) is 2. The lowest BCUT2D eigenvalue weighted by Crippen LogP contribution is -2.52. The molecule has 0 spiro atoms. The van der Waals surface area contributed by atoms with Crippen LogP contribution in [0.4, 0.5) is 0 Å². The minimum absolute atomic E-state index is 0.180. The van der Waals surface area contributed by atoms with E-state index in [1.54, 1.807) is 60.7 Å². The second-order valence-electron chi connectivity index (χ2n) is 7.43. The molecule has 0 saturated carbocycles. The Morgan fingerprint density at radius 1 is 0.848 bits per heavy atom. The third kappa shape index (κ3) is 6.62. The molecule has 170 valence electrons. The van der Waals surface area contributed by atoms with Crippen LogP contribution >= 0.6 is 22.6 Å². The zero-order valence-corrected chi connectivity index (χ0v) is 19.8. The fourth-order valence-corrected chi connectivity index (χ4v) is 3.94. The topological polar surface area (TPSA) is 122 Å². The van der Waals surface area contributed by atoms with Crippen LogP contribution in [0.3, 0.4) is 0 Å². The summed E-state index contributed by atoms with van der Waals surface area (Å²) in [5.74, 6) is -1.98. The molecular formula is C25H24IN3O4. The van der Waals surface area contributed by atoms with Crippen molar-refractivity contribution in [2.24, 2.45) is 5.73 Å². The van der Waals surface area contributed by atoms with Gasteiger partial charge in [0.2, 0.25) is 5.91 Å². The van der Waals surface area contributed by atoms with Gasteiger partial charge in [0.15, 0.2) is 6.10 Å². The Hall–Kier alpha value is -3.24. The molecule has 0 bridgehead atoms. The van der Waals surface area contributed by atoms with Crippen LogP contribution in [0.5, 0.6) is 0 Å². The standard InChI is InChI=1S/C25H24IN3O4/c26-19-14-8-7-13-18(19)15-20(23(27)31)28-25(33)22(30)21(16-9-3-1-4-10-16)29-24(32)17-11-5-2-6-12-17/h1-14,20-22,30H,15H2,(H2,27,31)(H,28,33)(H,29,32)/t20-,21+,22-/m1/s1. The van der Waals surface area contributed by atoms with E-state index in [9.17, 15) is 19.5 Å². The van der Waals surface area contributed by atoms with Crippen molar-refractivity contribution in [3.05, 3.63) is 105 Å². The number of nitrogens with two attached hydrogens (primary N) is 1. The third-order valence-electron chi connectivity index (χ3n) is 5.11. The molecule has 0 aliphatic rings. The molecule has 0 aromatic heterocycles. The number of benzene rings is 3. The molecule has 33 heavy (non-hydrogen) atoms. The quantitative estimate of drug-likeness (QED) is 0.302. The summed E-state index contributed by atoms with van der Waals surface area (Å²) in [6, 6.07) is 22.5. The van der Waals surface area contributed by atoms with E-state index in [2.05, 4.69) is 33.2 Å². The first-order valence-corrected chi connectivity index (χ1v) is 11.4. The van der Waals surface area contributed by atoms with Crippen LogP contribution in [0, 0.1) is 3.57 Å². The van der Waals surface area contributed by atoms with Gasteiger partial charge in [-0.15, -0.1) is 0 Å². The second kappa shape index (κ2) is 11.6. The molecule has 0 saturated heterocycles. The summed E-state index contributed by atoms with van der Waals surface area (Å²) in [6.07, 6.45) is -1.48. The highest BCUT2D eigenvalue weighted by atomic mass is 127. The molecule has 3 rings (SSSR count). The lowest BCUT2D eigenvalue weighted by Gasteiger charge is -2.26. The maximum atomic E-state index is 12.9. The number of carbonyl (C=O) groups excluding carboxylic acids is 3. The van der Waals surface area contributed by atoms with Crippen LogP contribution in [0.15, 0.2) is 84.9 Å². The normalized spacial score (nSPS) is 13.4. The van der Waals surface area contributed by atoms with Crippen LogP contribution in [0.1, 0.15) is 27.5 Å². The fraction of sp³-hybridized carbons (Fsp3) is 0.160. The fourth-order valence-electron chi connectivity index (χ4n) is 3.33. The molecule has 0 fully saturated rings. The van der Waals surface area contributed by atoms with E-state index in [0.717, 1.165) is 9.13 Å². The van der Waals surface area contributed by atoms with E-state index < -0.39 is 35.9 Å². The predicted octanol–water partition coefficient (Wildman–Crippen LogP) is 2.34. The first kappa shape index (κ1) is 24.4. The van der Waals surface area contributed by atoms with Gasteiger partial charge in [0.05, 0.1) is 6.04 Å². The molecule has 3 amide bonds. The van der Waals surface area contributed by atoms with E-state index in [4.69, 9.17) is 5.73 Å².